The lowest BCUT2D eigenvalue weighted by molar-refractivity contribution is 0.0821. The zero-order valence-electron chi connectivity index (χ0n) is 17.4. The molecule has 4 rings (SSSR count). The van der Waals surface area contributed by atoms with Gasteiger partial charge in [-0.05, 0) is 32.5 Å². The number of carbonyl (C=O) groups is 1. The van der Waals surface area contributed by atoms with E-state index >= 15 is 0 Å². The predicted molar refractivity (Wildman–Crippen MR) is 111 cm³/mol. The van der Waals surface area contributed by atoms with Crippen LogP contribution in [0.2, 0.25) is 0 Å². The molecule has 0 aromatic carbocycles. The standard InChI is InChI=1S/C21H28N6O2/c1-24(2)13-18-15-8-14(17-6-5-7-20(28)27(17)18)11-26(12-15)19-10-22-9-16(23-19)21(29)25(3)4/h5-7,9-10,14-15,18H,8,11-13H2,1-4H3/t14-,15+,18+/m1/s1. The summed E-state index contributed by atoms with van der Waals surface area (Å²) in [6, 6.07) is 5.71. The van der Waals surface area contributed by atoms with Crippen LogP contribution in [0.1, 0.15) is 34.6 Å². The molecule has 154 valence electrons. The predicted octanol–water partition coefficient (Wildman–Crippen LogP) is 1.07. The summed E-state index contributed by atoms with van der Waals surface area (Å²) in [6.45, 7) is 2.37. The van der Waals surface area contributed by atoms with Crippen molar-refractivity contribution in [2.24, 2.45) is 5.92 Å². The van der Waals surface area contributed by atoms with Crippen molar-refractivity contribution < 1.29 is 4.79 Å². The lowest BCUT2D eigenvalue weighted by Crippen LogP contribution is -2.51. The number of nitrogens with zero attached hydrogens (tertiary/aromatic N) is 6. The Morgan fingerprint density at radius 3 is 2.69 bits per heavy atom. The van der Waals surface area contributed by atoms with Gasteiger partial charge in [0.05, 0.1) is 18.4 Å². The summed E-state index contributed by atoms with van der Waals surface area (Å²) in [4.78, 5) is 39.7. The number of pyridine rings is 1. The summed E-state index contributed by atoms with van der Waals surface area (Å²) < 4.78 is 2.01. The van der Waals surface area contributed by atoms with Crippen LogP contribution in [0, 0.1) is 5.92 Å². The maximum atomic E-state index is 12.7. The van der Waals surface area contributed by atoms with Crippen LogP contribution in [0.4, 0.5) is 5.82 Å². The van der Waals surface area contributed by atoms with Gasteiger partial charge in [-0.25, -0.2) is 4.98 Å². The topological polar surface area (TPSA) is 74.6 Å². The van der Waals surface area contributed by atoms with Crippen LogP contribution >= 0.6 is 0 Å². The first kappa shape index (κ1) is 19.6. The van der Waals surface area contributed by atoms with E-state index in [1.807, 2.05) is 24.7 Å². The molecule has 0 saturated carbocycles. The molecule has 2 aliphatic heterocycles. The van der Waals surface area contributed by atoms with Gasteiger partial charge in [0.2, 0.25) is 0 Å². The maximum Gasteiger partial charge on any atom is 0.273 e. The van der Waals surface area contributed by atoms with Gasteiger partial charge in [-0.15, -0.1) is 0 Å². The minimum atomic E-state index is -0.154. The Labute approximate surface area is 170 Å². The molecule has 8 heteroatoms. The first-order chi connectivity index (χ1) is 13.8. The fourth-order valence-corrected chi connectivity index (χ4v) is 4.68. The zero-order chi connectivity index (χ0) is 20.7. The van der Waals surface area contributed by atoms with Crippen LogP contribution < -0.4 is 10.5 Å². The highest BCUT2D eigenvalue weighted by Gasteiger charge is 2.41. The van der Waals surface area contributed by atoms with Gasteiger partial charge in [0, 0.05) is 51.4 Å². The van der Waals surface area contributed by atoms with E-state index < -0.39 is 0 Å². The molecule has 1 amide bonds. The van der Waals surface area contributed by atoms with Gasteiger partial charge in [-0.1, -0.05) is 6.07 Å². The van der Waals surface area contributed by atoms with Gasteiger partial charge in [0.1, 0.15) is 11.5 Å². The molecule has 2 aromatic rings. The average molecular weight is 396 g/mol. The summed E-state index contributed by atoms with van der Waals surface area (Å²) in [5, 5.41) is 0. The summed E-state index contributed by atoms with van der Waals surface area (Å²) in [5.41, 5.74) is 1.53. The minimum absolute atomic E-state index is 0.0795. The highest BCUT2D eigenvalue weighted by molar-refractivity contribution is 5.91. The summed E-state index contributed by atoms with van der Waals surface area (Å²) in [5.74, 6) is 1.16. The van der Waals surface area contributed by atoms with Crippen molar-refractivity contribution in [3.05, 3.63) is 52.3 Å². The monoisotopic (exact) mass is 396 g/mol. The summed E-state index contributed by atoms with van der Waals surface area (Å²) in [6.07, 6.45) is 4.30. The van der Waals surface area contributed by atoms with Crippen LogP contribution in [0.5, 0.6) is 0 Å². The zero-order valence-corrected chi connectivity index (χ0v) is 17.4. The second kappa shape index (κ2) is 7.59. The molecule has 0 unspecified atom stereocenters. The largest absolute Gasteiger partial charge is 0.354 e. The van der Waals surface area contributed by atoms with E-state index in [-0.39, 0.29) is 23.4 Å². The first-order valence-corrected chi connectivity index (χ1v) is 10.00. The van der Waals surface area contributed by atoms with Crippen molar-refractivity contribution in [1.82, 2.24) is 24.3 Å². The number of anilines is 1. The third-order valence-electron chi connectivity index (χ3n) is 5.92. The van der Waals surface area contributed by atoms with Crippen molar-refractivity contribution in [2.75, 3.05) is 52.7 Å². The fraction of sp³-hybridized carbons (Fsp3) is 0.524. The van der Waals surface area contributed by atoms with Crippen LogP contribution in [0.25, 0.3) is 0 Å². The molecule has 0 spiro atoms. The van der Waals surface area contributed by atoms with Crippen LogP contribution in [0.15, 0.2) is 35.4 Å². The molecule has 29 heavy (non-hydrogen) atoms. The van der Waals surface area contributed by atoms with Gasteiger partial charge < -0.3 is 19.3 Å². The lowest BCUT2D eigenvalue weighted by Gasteiger charge is -2.47. The smallest absolute Gasteiger partial charge is 0.273 e. The van der Waals surface area contributed by atoms with Crippen molar-refractivity contribution in [3.63, 3.8) is 0 Å². The van der Waals surface area contributed by atoms with E-state index in [1.54, 1.807) is 26.4 Å². The Morgan fingerprint density at radius 2 is 1.97 bits per heavy atom. The maximum absolute atomic E-state index is 12.7. The minimum Gasteiger partial charge on any atom is -0.354 e. The third kappa shape index (κ3) is 3.64. The number of amides is 1. The van der Waals surface area contributed by atoms with Gasteiger partial charge >= 0.3 is 0 Å². The van der Waals surface area contributed by atoms with E-state index in [0.29, 0.717) is 11.6 Å². The van der Waals surface area contributed by atoms with Crippen molar-refractivity contribution in [2.45, 2.75) is 18.4 Å². The molecule has 4 heterocycles. The summed E-state index contributed by atoms with van der Waals surface area (Å²) in [7, 11) is 7.51. The number of hydrogen-bond acceptors (Lipinski definition) is 6. The second-order valence-electron chi connectivity index (χ2n) is 8.55. The molecule has 1 saturated heterocycles. The van der Waals surface area contributed by atoms with Crippen LogP contribution in [0.3, 0.4) is 0 Å². The molecule has 2 aromatic heterocycles. The Kier molecular flexibility index (Phi) is 5.12. The normalized spacial score (nSPS) is 23.1. The van der Waals surface area contributed by atoms with Crippen LogP contribution in [-0.2, 0) is 0 Å². The first-order valence-electron chi connectivity index (χ1n) is 10.00. The molecule has 1 fully saturated rings. The number of likely N-dealkylation sites (N-methyl/N-ethyl adjacent to an activating group) is 1. The molecule has 0 aliphatic carbocycles. The van der Waals surface area contributed by atoms with Crippen molar-refractivity contribution in [3.8, 4) is 0 Å². The average Bonchev–Trinajstić information content (AvgIpc) is 2.70. The number of aromatic nitrogens is 3. The second-order valence-corrected chi connectivity index (χ2v) is 8.55. The molecular formula is C21H28N6O2. The number of piperidine rings is 1. The van der Waals surface area contributed by atoms with Crippen molar-refractivity contribution >= 4 is 11.7 Å². The highest BCUT2D eigenvalue weighted by Crippen LogP contribution is 2.42. The number of carbonyl (C=O) groups excluding carboxylic acids is 1. The Bertz CT molecular complexity index is 970. The Balaban J connectivity index is 1.70. The molecule has 2 bridgehead atoms. The number of hydrogen-bond donors (Lipinski definition) is 0. The number of rotatable bonds is 4. The van der Waals surface area contributed by atoms with Gasteiger partial charge in [-0.2, -0.15) is 0 Å². The fourth-order valence-electron chi connectivity index (χ4n) is 4.68. The van der Waals surface area contributed by atoms with E-state index in [4.69, 9.17) is 0 Å². The molecule has 2 aliphatic rings. The van der Waals surface area contributed by atoms with E-state index in [0.717, 1.165) is 37.6 Å². The molecule has 0 N–H and O–H groups in total. The van der Waals surface area contributed by atoms with Crippen molar-refractivity contribution in [1.29, 1.82) is 0 Å². The van der Waals surface area contributed by atoms with Gasteiger partial charge in [-0.3, -0.25) is 14.6 Å². The third-order valence-corrected chi connectivity index (χ3v) is 5.92. The van der Waals surface area contributed by atoms with E-state index in [9.17, 15) is 9.59 Å². The molecular weight excluding hydrogens is 368 g/mol. The van der Waals surface area contributed by atoms with Gasteiger partial charge in [0.15, 0.2) is 0 Å². The Hall–Kier alpha value is -2.74. The Morgan fingerprint density at radius 1 is 1.17 bits per heavy atom. The molecule has 3 atom stereocenters. The lowest BCUT2D eigenvalue weighted by atomic mass is 9.78. The van der Waals surface area contributed by atoms with Crippen LogP contribution in [-0.4, -0.2) is 78.1 Å². The SMILES string of the molecule is CN(C)C[C@H]1[C@H]2C[C@H](CN(c3cncc(C(=O)N(C)C)n3)C2)c2cccc(=O)n21. The van der Waals surface area contributed by atoms with E-state index in [2.05, 4.69) is 25.8 Å². The summed E-state index contributed by atoms with van der Waals surface area (Å²) >= 11 is 0. The quantitative estimate of drug-likeness (QED) is 0.770. The van der Waals surface area contributed by atoms with E-state index in [1.165, 1.54) is 11.1 Å². The molecule has 0 radical (unpaired) electrons. The molecule has 8 nitrogen and oxygen atoms in total. The van der Waals surface area contributed by atoms with Gasteiger partial charge in [0.25, 0.3) is 11.5 Å². The highest BCUT2D eigenvalue weighted by atomic mass is 16.2. The number of fused-ring (bicyclic) bond motifs is 4.